The molecule has 1 amide bonds. The highest BCUT2D eigenvalue weighted by molar-refractivity contribution is 5.92. The minimum Gasteiger partial charge on any atom is -0.493 e. The van der Waals surface area contributed by atoms with Crippen LogP contribution < -0.4 is 19.5 Å². The maximum atomic E-state index is 12.4. The summed E-state index contributed by atoms with van der Waals surface area (Å²) in [5, 5.41) is 15.9. The average molecular weight is 377 g/mol. The van der Waals surface area contributed by atoms with Crippen LogP contribution in [0.3, 0.4) is 0 Å². The third-order valence-electron chi connectivity index (χ3n) is 4.05. The van der Waals surface area contributed by atoms with Gasteiger partial charge >= 0.3 is 5.97 Å². The standard InChI is InChI=1S/C18H23N3O6/c1-18(2,17(23)24)21-10-12(9-19-21)20-15(22)8-11-6-13(25-3)16(27-5)14(7-11)26-4/h6-7,9-10H,8H2,1-5H3,(H,20,22)(H,23,24). The second kappa shape index (κ2) is 7.98. The van der Waals surface area contributed by atoms with Crippen molar-refractivity contribution in [2.24, 2.45) is 0 Å². The lowest BCUT2D eigenvalue weighted by Gasteiger charge is -2.19. The Bertz CT molecular complexity index is 818. The average Bonchev–Trinajstić information content (AvgIpc) is 3.09. The predicted octanol–water partition coefficient (Wildman–Crippen LogP) is 1.91. The number of aromatic nitrogens is 2. The van der Waals surface area contributed by atoms with E-state index in [1.807, 2.05) is 0 Å². The van der Waals surface area contributed by atoms with E-state index in [1.165, 1.54) is 52.3 Å². The van der Waals surface area contributed by atoms with Gasteiger partial charge in [-0.05, 0) is 31.5 Å². The lowest BCUT2D eigenvalue weighted by atomic mass is 10.1. The van der Waals surface area contributed by atoms with E-state index in [2.05, 4.69) is 10.4 Å². The highest BCUT2D eigenvalue weighted by atomic mass is 16.5. The number of methoxy groups -OCH3 is 3. The third-order valence-corrected chi connectivity index (χ3v) is 4.05. The van der Waals surface area contributed by atoms with E-state index >= 15 is 0 Å². The van der Waals surface area contributed by atoms with Gasteiger partial charge in [-0.25, -0.2) is 4.79 Å². The van der Waals surface area contributed by atoms with Crippen LogP contribution >= 0.6 is 0 Å². The van der Waals surface area contributed by atoms with Crippen LogP contribution in [0.4, 0.5) is 5.69 Å². The van der Waals surface area contributed by atoms with Crippen LogP contribution in [0.5, 0.6) is 17.2 Å². The first kappa shape index (κ1) is 20.1. The quantitative estimate of drug-likeness (QED) is 0.723. The van der Waals surface area contributed by atoms with Crippen LogP contribution in [-0.2, 0) is 21.5 Å². The third kappa shape index (κ3) is 4.30. The molecule has 9 heteroatoms. The second-order valence-corrected chi connectivity index (χ2v) is 6.30. The Kier molecular flexibility index (Phi) is 5.94. The molecule has 0 atom stereocenters. The number of anilines is 1. The fraction of sp³-hybridized carbons (Fsp3) is 0.389. The van der Waals surface area contributed by atoms with Crippen LogP contribution in [0.2, 0.25) is 0 Å². The SMILES string of the molecule is COc1cc(CC(=O)Nc2cnn(C(C)(C)C(=O)O)c2)cc(OC)c1OC. The molecule has 2 N–H and O–H groups in total. The van der Waals surface area contributed by atoms with Gasteiger partial charge in [0.15, 0.2) is 17.0 Å². The topological polar surface area (TPSA) is 112 Å². The summed E-state index contributed by atoms with van der Waals surface area (Å²) in [4.78, 5) is 23.6. The van der Waals surface area contributed by atoms with Gasteiger partial charge in [0.25, 0.3) is 0 Å². The zero-order chi connectivity index (χ0) is 20.2. The van der Waals surface area contributed by atoms with Crippen molar-refractivity contribution in [2.75, 3.05) is 26.6 Å². The Morgan fingerprint density at radius 1 is 1.15 bits per heavy atom. The molecular weight excluding hydrogens is 354 g/mol. The maximum absolute atomic E-state index is 12.4. The predicted molar refractivity (Wildman–Crippen MR) is 97.6 cm³/mol. The molecule has 1 heterocycles. The molecule has 0 saturated heterocycles. The summed E-state index contributed by atoms with van der Waals surface area (Å²) in [6.07, 6.45) is 2.93. The number of rotatable bonds is 8. The number of hydrogen-bond donors (Lipinski definition) is 2. The van der Waals surface area contributed by atoms with E-state index in [9.17, 15) is 14.7 Å². The zero-order valence-corrected chi connectivity index (χ0v) is 15.9. The van der Waals surface area contributed by atoms with Crippen molar-refractivity contribution < 1.29 is 28.9 Å². The number of aliphatic carboxylic acids is 1. The molecule has 1 aromatic heterocycles. The summed E-state index contributed by atoms with van der Waals surface area (Å²) in [5.74, 6) is 0.0329. The molecule has 27 heavy (non-hydrogen) atoms. The lowest BCUT2D eigenvalue weighted by Crippen LogP contribution is -2.35. The summed E-state index contributed by atoms with van der Waals surface area (Å²) >= 11 is 0. The van der Waals surface area contributed by atoms with Crippen molar-refractivity contribution in [1.29, 1.82) is 0 Å². The minimum absolute atomic E-state index is 0.0597. The molecule has 2 aromatic rings. The van der Waals surface area contributed by atoms with Crippen LogP contribution in [0.25, 0.3) is 0 Å². The maximum Gasteiger partial charge on any atom is 0.331 e. The number of carboxylic acids is 1. The molecular formula is C18H23N3O6. The molecule has 0 aliphatic carbocycles. The summed E-state index contributed by atoms with van der Waals surface area (Å²) in [5.41, 5.74) is -0.151. The molecule has 0 bridgehead atoms. The Balaban J connectivity index is 2.15. The Hall–Kier alpha value is -3.23. The first-order valence-electron chi connectivity index (χ1n) is 8.10. The van der Waals surface area contributed by atoms with Gasteiger partial charge in [-0.1, -0.05) is 0 Å². The largest absolute Gasteiger partial charge is 0.493 e. The van der Waals surface area contributed by atoms with Crippen molar-refractivity contribution in [2.45, 2.75) is 25.8 Å². The zero-order valence-electron chi connectivity index (χ0n) is 15.9. The highest BCUT2D eigenvalue weighted by Gasteiger charge is 2.30. The van der Waals surface area contributed by atoms with Crippen molar-refractivity contribution in [3.05, 3.63) is 30.1 Å². The van der Waals surface area contributed by atoms with Gasteiger partial charge in [-0.3, -0.25) is 9.48 Å². The Labute approximate surface area is 156 Å². The van der Waals surface area contributed by atoms with Crippen LogP contribution in [0, 0.1) is 0 Å². The molecule has 0 fully saturated rings. The van der Waals surface area contributed by atoms with E-state index in [1.54, 1.807) is 12.1 Å². The van der Waals surface area contributed by atoms with Gasteiger partial charge in [0, 0.05) is 6.20 Å². The molecule has 0 aliphatic heterocycles. The van der Waals surface area contributed by atoms with Gasteiger partial charge < -0.3 is 24.6 Å². The van der Waals surface area contributed by atoms with Crippen LogP contribution in [0.15, 0.2) is 24.5 Å². The first-order chi connectivity index (χ1) is 12.7. The normalized spacial score (nSPS) is 11.0. The van der Waals surface area contributed by atoms with Crippen LogP contribution in [0.1, 0.15) is 19.4 Å². The highest BCUT2D eigenvalue weighted by Crippen LogP contribution is 2.38. The number of carboxylic acid groups (broad SMARTS) is 1. The van der Waals surface area contributed by atoms with Gasteiger partial charge in [-0.15, -0.1) is 0 Å². The van der Waals surface area contributed by atoms with Gasteiger partial charge in [0.1, 0.15) is 0 Å². The summed E-state index contributed by atoms with van der Waals surface area (Å²) < 4.78 is 17.1. The van der Waals surface area contributed by atoms with E-state index < -0.39 is 11.5 Å². The fourth-order valence-corrected chi connectivity index (χ4v) is 2.42. The van der Waals surface area contributed by atoms with Gasteiger partial charge in [-0.2, -0.15) is 5.10 Å². The van der Waals surface area contributed by atoms with Crippen molar-refractivity contribution >= 4 is 17.6 Å². The van der Waals surface area contributed by atoms with Crippen molar-refractivity contribution in [3.63, 3.8) is 0 Å². The number of hydrogen-bond acceptors (Lipinski definition) is 6. The van der Waals surface area contributed by atoms with E-state index in [0.717, 1.165) is 0 Å². The smallest absolute Gasteiger partial charge is 0.331 e. The second-order valence-electron chi connectivity index (χ2n) is 6.30. The Morgan fingerprint density at radius 2 is 1.74 bits per heavy atom. The van der Waals surface area contributed by atoms with E-state index in [-0.39, 0.29) is 12.3 Å². The molecule has 9 nitrogen and oxygen atoms in total. The Morgan fingerprint density at radius 3 is 2.22 bits per heavy atom. The van der Waals surface area contributed by atoms with Crippen molar-refractivity contribution in [1.82, 2.24) is 9.78 Å². The number of carbonyl (C=O) groups excluding carboxylic acids is 1. The van der Waals surface area contributed by atoms with Crippen LogP contribution in [-0.4, -0.2) is 48.1 Å². The number of nitrogens with zero attached hydrogens (tertiary/aromatic N) is 2. The molecule has 0 saturated carbocycles. The summed E-state index contributed by atoms with van der Waals surface area (Å²) in [6.45, 7) is 3.04. The number of nitrogens with one attached hydrogen (secondary N) is 1. The molecule has 0 spiro atoms. The first-order valence-corrected chi connectivity index (χ1v) is 8.10. The number of amides is 1. The van der Waals surface area contributed by atoms with E-state index in [0.29, 0.717) is 28.5 Å². The molecule has 0 unspecified atom stereocenters. The van der Waals surface area contributed by atoms with Gasteiger partial charge in [0.05, 0.1) is 39.6 Å². The lowest BCUT2D eigenvalue weighted by molar-refractivity contribution is -0.146. The molecule has 0 aliphatic rings. The number of benzene rings is 1. The molecule has 0 radical (unpaired) electrons. The minimum atomic E-state index is -1.22. The number of carbonyl (C=O) groups is 2. The molecule has 1 aromatic carbocycles. The van der Waals surface area contributed by atoms with Crippen molar-refractivity contribution in [3.8, 4) is 17.2 Å². The monoisotopic (exact) mass is 377 g/mol. The fourth-order valence-electron chi connectivity index (χ4n) is 2.42. The summed E-state index contributed by atoms with van der Waals surface area (Å²) in [7, 11) is 4.50. The van der Waals surface area contributed by atoms with E-state index in [4.69, 9.17) is 14.2 Å². The molecule has 2 rings (SSSR count). The van der Waals surface area contributed by atoms with Gasteiger partial charge in [0.2, 0.25) is 11.7 Å². The number of ether oxygens (including phenoxy) is 3. The summed E-state index contributed by atoms with van der Waals surface area (Å²) in [6, 6.07) is 3.38. The molecule has 146 valence electrons.